The van der Waals surface area contributed by atoms with E-state index in [0.717, 1.165) is 6.42 Å². The van der Waals surface area contributed by atoms with E-state index in [0.29, 0.717) is 25.1 Å². The van der Waals surface area contributed by atoms with Crippen LogP contribution in [0.5, 0.6) is 0 Å². The van der Waals surface area contributed by atoms with Gasteiger partial charge in [-0.15, -0.1) is 0 Å². The first kappa shape index (κ1) is 13.5. The van der Waals surface area contributed by atoms with Crippen molar-refractivity contribution in [2.45, 2.75) is 25.4 Å². The standard InChI is InChI=1S/C13H15FN2O3/c14-11-5-8(1-3-10(11)13(18)19)6-15-7-9-2-4-12(17)16-9/h1,3,5,9,15H,2,4,6-7H2,(H,16,17)(H,18,19). The van der Waals surface area contributed by atoms with Gasteiger partial charge in [0.1, 0.15) is 5.82 Å². The van der Waals surface area contributed by atoms with Gasteiger partial charge in [-0.25, -0.2) is 9.18 Å². The Labute approximate surface area is 109 Å². The molecule has 2 rings (SSSR count). The van der Waals surface area contributed by atoms with Gasteiger partial charge in [0.2, 0.25) is 5.91 Å². The van der Waals surface area contributed by atoms with Gasteiger partial charge < -0.3 is 15.7 Å². The fourth-order valence-corrected chi connectivity index (χ4v) is 2.06. The summed E-state index contributed by atoms with van der Waals surface area (Å²) in [7, 11) is 0. The van der Waals surface area contributed by atoms with E-state index in [1.165, 1.54) is 12.1 Å². The van der Waals surface area contributed by atoms with Gasteiger partial charge in [-0.1, -0.05) is 6.07 Å². The van der Waals surface area contributed by atoms with Gasteiger partial charge in [0.25, 0.3) is 0 Å². The van der Waals surface area contributed by atoms with Gasteiger partial charge in [0.05, 0.1) is 5.56 Å². The van der Waals surface area contributed by atoms with Crippen LogP contribution in [0.15, 0.2) is 18.2 Å². The topological polar surface area (TPSA) is 78.4 Å². The Morgan fingerprint density at radius 1 is 1.53 bits per heavy atom. The van der Waals surface area contributed by atoms with Crippen molar-refractivity contribution in [3.63, 3.8) is 0 Å². The second kappa shape index (κ2) is 5.79. The van der Waals surface area contributed by atoms with Crippen molar-refractivity contribution in [2.75, 3.05) is 6.54 Å². The molecule has 0 aromatic heterocycles. The minimum atomic E-state index is -1.27. The van der Waals surface area contributed by atoms with Crippen LogP contribution in [0.1, 0.15) is 28.8 Å². The summed E-state index contributed by atoms with van der Waals surface area (Å²) < 4.78 is 13.4. The maximum Gasteiger partial charge on any atom is 0.338 e. The van der Waals surface area contributed by atoms with Gasteiger partial charge in [-0.3, -0.25) is 4.79 Å². The molecule has 0 spiro atoms. The Hall–Kier alpha value is -1.95. The van der Waals surface area contributed by atoms with Crippen molar-refractivity contribution in [1.29, 1.82) is 0 Å². The van der Waals surface area contributed by atoms with E-state index in [2.05, 4.69) is 10.6 Å². The maximum absolute atomic E-state index is 13.4. The molecule has 1 fully saturated rings. The lowest BCUT2D eigenvalue weighted by Gasteiger charge is -2.11. The highest BCUT2D eigenvalue weighted by molar-refractivity contribution is 5.87. The maximum atomic E-state index is 13.4. The molecular formula is C13H15FN2O3. The van der Waals surface area contributed by atoms with Gasteiger partial charge in [0.15, 0.2) is 0 Å². The first-order chi connectivity index (χ1) is 9.06. The number of carboxylic acid groups (broad SMARTS) is 1. The third-order valence-electron chi connectivity index (χ3n) is 3.07. The normalized spacial score (nSPS) is 18.4. The van der Waals surface area contributed by atoms with Gasteiger partial charge in [0, 0.05) is 25.6 Å². The molecular weight excluding hydrogens is 251 g/mol. The molecule has 1 atom stereocenters. The van der Waals surface area contributed by atoms with Crippen LogP contribution in [0.4, 0.5) is 4.39 Å². The first-order valence-electron chi connectivity index (χ1n) is 6.08. The zero-order chi connectivity index (χ0) is 13.8. The average molecular weight is 266 g/mol. The summed E-state index contributed by atoms with van der Waals surface area (Å²) in [4.78, 5) is 21.6. The molecule has 6 heteroatoms. The van der Waals surface area contributed by atoms with Crippen molar-refractivity contribution in [3.8, 4) is 0 Å². The van der Waals surface area contributed by atoms with E-state index >= 15 is 0 Å². The molecule has 1 heterocycles. The summed E-state index contributed by atoms with van der Waals surface area (Å²) in [5.74, 6) is -1.95. The van der Waals surface area contributed by atoms with E-state index in [1.54, 1.807) is 6.07 Å². The van der Waals surface area contributed by atoms with Gasteiger partial charge >= 0.3 is 5.97 Å². The number of benzene rings is 1. The van der Waals surface area contributed by atoms with Crippen molar-refractivity contribution in [3.05, 3.63) is 35.1 Å². The van der Waals surface area contributed by atoms with Crippen molar-refractivity contribution in [2.24, 2.45) is 0 Å². The number of hydrogen-bond acceptors (Lipinski definition) is 3. The number of amides is 1. The number of aromatic carboxylic acids is 1. The van der Waals surface area contributed by atoms with Crippen LogP contribution < -0.4 is 10.6 Å². The summed E-state index contributed by atoms with van der Waals surface area (Å²) in [5.41, 5.74) is 0.346. The van der Waals surface area contributed by atoms with Crippen LogP contribution in [-0.4, -0.2) is 29.6 Å². The number of carbonyl (C=O) groups excluding carboxylic acids is 1. The van der Waals surface area contributed by atoms with E-state index in [-0.39, 0.29) is 17.5 Å². The lowest BCUT2D eigenvalue weighted by molar-refractivity contribution is -0.119. The second-order valence-electron chi connectivity index (χ2n) is 4.55. The summed E-state index contributed by atoms with van der Waals surface area (Å²) in [6, 6.07) is 4.17. The number of halogens is 1. The Kier molecular flexibility index (Phi) is 4.11. The van der Waals surface area contributed by atoms with E-state index in [4.69, 9.17) is 5.11 Å². The monoisotopic (exact) mass is 266 g/mol. The SMILES string of the molecule is O=C1CCC(CNCc2ccc(C(=O)O)c(F)c2)N1. The molecule has 1 unspecified atom stereocenters. The summed E-state index contributed by atoms with van der Waals surface area (Å²) >= 11 is 0. The van der Waals surface area contributed by atoms with Crippen LogP contribution >= 0.6 is 0 Å². The number of rotatable bonds is 5. The quantitative estimate of drug-likeness (QED) is 0.739. The predicted molar refractivity (Wildman–Crippen MR) is 66.2 cm³/mol. The molecule has 19 heavy (non-hydrogen) atoms. The molecule has 0 saturated carbocycles. The van der Waals surface area contributed by atoms with Crippen molar-refractivity contribution in [1.82, 2.24) is 10.6 Å². The Balaban J connectivity index is 1.84. The number of carbonyl (C=O) groups is 2. The van der Waals surface area contributed by atoms with Gasteiger partial charge in [-0.05, 0) is 24.1 Å². The lowest BCUT2D eigenvalue weighted by Crippen LogP contribution is -2.35. The molecule has 1 aromatic carbocycles. The first-order valence-corrected chi connectivity index (χ1v) is 6.08. The fraction of sp³-hybridized carbons (Fsp3) is 0.385. The molecule has 3 N–H and O–H groups in total. The molecule has 1 aliphatic heterocycles. The van der Waals surface area contributed by atoms with Crippen molar-refractivity contribution >= 4 is 11.9 Å². The smallest absolute Gasteiger partial charge is 0.338 e. The molecule has 1 aromatic rings. The molecule has 5 nitrogen and oxygen atoms in total. The highest BCUT2D eigenvalue weighted by Gasteiger charge is 2.19. The van der Waals surface area contributed by atoms with E-state index in [1.807, 2.05) is 0 Å². The molecule has 0 aliphatic carbocycles. The Morgan fingerprint density at radius 3 is 2.89 bits per heavy atom. The Bertz CT molecular complexity index is 505. The van der Waals surface area contributed by atoms with Crippen LogP contribution in [0, 0.1) is 5.82 Å². The third kappa shape index (κ3) is 3.51. The summed E-state index contributed by atoms with van der Waals surface area (Å²) in [5, 5.41) is 14.6. The highest BCUT2D eigenvalue weighted by atomic mass is 19.1. The number of hydrogen-bond donors (Lipinski definition) is 3. The van der Waals surface area contributed by atoms with E-state index in [9.17, 15) is 14.0 Å². The van der Waals surface area contributed by atoms with E-state index < -0.39 is 11.8 Å². The second-order valence-corrected chi connectivity index (χ2v) is 4.55. The number of nitrogens with one attached hydrogen (secondary N) is 2. The fourth-order valence-electron chi connectivity index (χ4n) is 2.06. The zero-order valence-electron chi connectivity index (χ0n) is 10.3. The zero-order valence-corrected chi connectivity index (χ0v) is 10.3. The molecule has 1 saturated heterocycles. The lowest BCUT2D eigenvalue weighted by atomic mass is 10.1. The molecule has 1 amide bonds. The van der Waals surface area contributed by atoms with Gasteiger partial charge in [-0.2, -0.15) is 0 Å². The van der Waals surface area contributed by atoms with Crippen LogP contribution in [0.25, 0.3) is 0 Å². The van der Waals surface area contributed by atoms with Crippen molar-refractivity contribution < 1.29 is 19.1 Å². The van der Waals surface area contributed by atoms with Crippen LogP contribution in [0.2, 0.25) is 0 Å². The average Bonchev–Trinajstić information content (AvgIpc) is 2.75. The Morgan fingerprint density at radius 2 is 2.32 bits per heavy atom. The molecule has 1 aliphatic rings. The minimum absolute atomic E-state index is 0.0589. The third-order valence-corrected chi connectivity index (χ3v) is 3.07. The molecule has 0 bridgehead atoms. The predicted octanol–water partition coefficient (Wildman–Crippen LogP) is 0.892. The van der Waals surface area contributed by atoms with Crippen LogP contribution in [-0.2, 0) is 11.3 Å². The number of carboxylic acids is 1. The minimum Gasteiger partial charge on any atom is -0.478 e. The highest BCUT2D eigenvalue weighted by Crippen LogP contribution is 2.11. The summed E-state index contributed by atoms with van der Waals surface area (Å²) in [6.45, 7) is 1.05. The summed E-state index contributed by atoms with van der Waals surface area (Å²) in [6.07, 6.45) is 1.35. The van der Waals surface area contributed by atoms with Crippen LogP contribution in [0.3, 0.4) is 0 Å². The largest absolute Gasteiger partial charge is 0.478 e. The molecule has 102 valence electrons. The molecule has 0 radical (unpaired) electrons.